The Balaban J connectivity index is 2.27. The van der Waals surface area contributed by atoms with E-state index in [0.29, 0.717) is 26.0 Å². The fraction of sp³-hybridized carbons (Fsp3) is 0.529. The van der Waals surface area contributed by atoms with Crippen LogP contribution < -0.4 is 15.4 Å². The van der Waals surface area contributed by atoms with Crippen LogP contribution in [0.25, 0.3) is 0 Å². The lowest BCUT2D eigenvalue weighted by atomic mass is 9.96. The monoisotopic (exact) mass is 306 g/mol. The third-order valence-corrected chi connectivity index (χ3v) is 3.00. The molecule has 5 nitrogen and oxygen atoms in total. The molecule has 0 spiro atoms. The molecule has 0 atom stereocenters. The Bertz CT molecular complexity index is 490. The van der Waals surface area contributed by atoms with Gasteiger partial charge in [0.2, 0.25) is 11.8 Å². The van der Waals surface area contributed by atoms with Gasteiger partial charge in [0.05, 0.1) is 6.61 Å². The zero-order chi connectivity index (χ0) is 16.6. The standard InChI is InChI=1S/C17H26N2O3/c1-5-22-14-10-8-13(9-11-14)19-15(20)7-6-12-18-16(21)17(2,3)4/h8-11H,5-7,12H2,1-4H3,(H,18,21)(H,19,20). The molecule has 0 radical (unpaired) electrons. The summed E-state index contributed by atoms with van der Waals surface area (Å²) in [5.74, 6) is 0.721. The maximum Gasteiger partial charge on any atom is 0.225 e. The minimum atomic E-state index is -0.398. The Hall–Kier alpha value is -2.04. The number of ether oxygens (including phenoxy) is 1. The van der Waals surface area contributed by atoms with E-state index in [9.17, 15) is 9.59 Å². The highest BCUT2D eigenvalue weighted by Gasteiger charge is 2.20. The van der Waals surface area contributed by atoms with Gasteiger partial charge in [0.15, 0.2) is 0 Å². The van der Waals surface area contributed by atoms with Crippen molar-refractivity contribution in [3.63, 3.8) is 0 Å². The second-order valence-corrected chi connectivity index (χ2v) is 6.12. The summed E-state index contributed by atoms with van der Waals surface area (Å²) in [5, 5.41) is 5.65. The summed E-state index contributed by atoms with van der Waals surface area (Å²) < 4.78 is 5.34. The maximum absolute atomic E-state index is 11.8. The summed E-state index contributed by atoms with van der Waals surface area (Å²) in [5.41, 5.74) is 0.345. The number of amides is 2. The molecule has 122 valence electrons. The van der Waals surface area contributed by atoms with E-state index in [1.165, 1.54) is 0 Å². The van der Waals surface area contributed by atoms with Crippen molar-refractivity contribution in [1.29, 1.82) is 0 Å². The Kier molecular flexibility index (Phi) is 6.89. The second-order valence-electron chi connectivity index (χ2n) is 6.12. The summed E-state index contributed by atoms with van der Waals surface area (Å²) >= 11 is 0. The van der Waals surface area contributed by atoms with E-state index < -0.39 is 5.41 Å². The van der Waals surface area contributed by atoms with E-state index in [4.69, 9.17) is 4.74 Å². The van der Waals surface area contributed by atoms with Crippen LogP contribution in [0.4, 0.5) is 5.69 Å². The average molecular weight is 306 g/mol. The molecule has 0 saturated heterocycles. The minimum absolute atomic E-state index is 0.000536. The normalized spacial score (nSPS) is 10.9. The number of rotatable bonds is 7. The van der Waals surface area contributed by atoms with Crippen LogP contribution in [0.2, 0.25) is 0 Å². The summed E-state index contributed by atoms with van der Waals surface area (Å²) in [6, 6.07) is 7.26. The van der Waals surface area contributed by atoms with Gasteiger partial charge in [-0.3, -0.25) is 9.59 Å². The van der Waals surface area contributed by atoms with E-state index in [1.807, 2.05) is 52.0 Å². The van der Waals surface area contributed by atoms with Crippen molar-refractivity contribution >= 4 is 17.5 Å². The van der Waals surface area contributed by atoms with Gasteiger partial charge in [-0.05, 0) is 37.6 Å². The number of hydrogen-bond acceptors (Lipinski definition) is 3. The van der Waals surface area contributed by atoms with Gasteiger partial charge in [-0.1, -0.05) is 20.8 Å². The third kappa shape index (κ3) is 6.61. The topological polar surface area (TPSA) is 67.4 Å². The Morgan fingerprint density at radius 1 is 1.14 bits per heavy atom. The zero-order valence-corrected chi connectivity index (χ0v) is 13.9. The first-order valence-corrected chi connectivity index (χ1v) is 7.64. The molecule has 0 aromatic heterocycles. The van der Waals surface area contributed by atoms with Gasteiger partial charge < -0.3 is 15.4 Å². The van der Waals surface area contributed by atoms with Gasteiger partial charge in [0.1, 0.15) is 5.75 Å². The molecule has 1 aromatic rings. The van der Waals surface area contributed by atoms with Crippen molar-refractivity contribution in [2.45, 2.75) is 40.5 Å². The molecule has 0 bridgehead atoms. The van der Waals surface area contributed by atoms with E-state index in [-0.39, 0.29) is 11.8 Å². The highest BCUT2D eigenvalue weighted by Crippen LogP contribution is 2.16. The molecule has 0 aliphatic heterocycles. The third-order valence-electron chi connectivity index (χ3n) is 3.00. The summed E-state index contributed by atoms with van der Waals surface area (Å²) in [7, 11) is 0. The summed E-state index contributed by atoms with van der Waals surface area (Å²) in [6.45, 7) is 8.63. The van der Waals surface area contributed by atoms with Crippen molar-refractivity contribution in [3.8, 4) is 5.75 Å². The highest BCUT2D eigenvalue weighted by atomic mass is 16.5. The predicted molar refractivity (Wildman–Crippen MR) is 87.9 cm³/mol. The average Bonchev–Trinajstić information content (AvgIpc) is 2.44. The number of carbonyl (C=O) groups is 2. The second kappa shape index (κ2) is 8.41. The smallest absolute Gasteiger partial charge is 0.225 e. The molecule has 1 aromatic carbocycles. The summed E-state index contributed by atoms with van der Waals surface area (Å²) in [4.78, 5) is 23.5. The molecule has 5 heteroatoms. The minimum Gasteiger partial charge on any atom is -0.494 e. The molecule has 0 aliphatic carbocycles. The van der Waals surface area contributed by atoms with E-state index in [2.05, 4.69) is 10.6 Å². The lowest BCUT2D eigenvalue weighted by Crippen LogP contribution is -2.35. The van der Waals surface area contributed by atoms with Crippen LogP contribution in [0, 0.1) is 5.41 Å². The molecule has 2 N–H and O–H groups in total. The van der Waals surface area contributed by atoms with Crippen LogP contribution in [0.1, 0.15) is 40.5 Å². The van der Waals surface area contributed by atoms with Gasteiger partial charge in [0, 0.05) is 24.1 Å². The Morgan fingerprint density at radius 2 is 1.77 bits per heavy atom. The molecule has 0 fully saturated rings. The molecular weight excluding hydrogens is 280 g/mol. The van der Waals surface area contributed by atoms with Crippen LogP contribution in [0.5, 0.6) is 5.75 Å². The fourth-order valence-electron chi connectivity index (χ4n) is 1.74. The van der Waals surface area contributed by atoms with Crippen molar-refractivity contribution in [1.82, 2.24) is 5.32 Å². The summed E-state index contributed by atoms with van der Waals surface area (Å²) in [6.07, 6.45) is 0.988. The van der Waals surface area contributed by atoms with Gasteiger partial charge in [-0.15, -0.1) is 0 Å². The number of carbonyl (C=O) groups excluding carboxylic acids is 2. The van der Waals surface area contributed by atoms with Gasteiger partial charge in [-0.25, -0.2) is 0 Å². The predicted octanol–water partition coefficient (Wildman–Crippen LogP) is 2.97. The largest absolute Gasteiger partial charge is 0.494 e. The lowest BCUT2D eigenvalue weighted by Gasteiger charge is -2.17. The number of hydrogen-bond donors (Lipinski definition) is 2. The molecule has 2 amide bonds. The van der Waals surface area contributed by atoms with E-state index in [1.54, 1.807) is 0 Å². The van der Waals surface area contributed by atoms with E-state index in [0.717, 1.165) is 11.4 Å². The van der Waals surface area contributed by atoms with E-state index >= 15 is 0 Å². The van der Waals surface area contributed by atoms with Crippen LogP contribution in [-0.2, 0) is 9.59 Å². The van der Waals surface area contributed by atoms with Crippen molar-refractivity contribution < 1.29 is 14.3 Å². The fourth-order valence-corrected chi connectivity index (χ4v) is 1.74. The molecule has 0 saturated carbocycles. The quantitative estimate of drug-likeness (QED) is 0.761. The molecule has 1 rings (SSSR count). The lowest BCUT2D eigenvalue weighted by molar-refractivity contribution is -0.128. The number of anilines is 1. The van der Waals surface area contributed by atoms with Crippen molar-refractivity contribution in [2.75, 3.05) is 18.5 Å². The Labute approximate surface area is 132 Å². The van der Waals surface area contributed by atoms with Gasteiger partial charge in [0.25, 0.3) is 0 Å². The molecule has 0 heterocycles. The van der Waals surface area contributed by atoms with Gasteiger partial charge >= 0.3 is 0 Å². The first-order chi connectivity index (χ1) is 10.3. The van der Waals surface area contributed by atoms with Crippen molar-refractivity contribution in [2.24, 2.45) is 5.41 Å². The zero-order valence-electron chi connectivity index (χ0n) is 13.9. The van der Waals surface area contributed by atoms with Crippen LogP contribution >= 0.6 is 0 Å². The van der Waals surface area contributed by atoms with Gasteiger partial charge in [-0.2, -0.15) is 0 Å². The first-order valence-electron chi connectivity index (χ1n) is 7.64. The first kappa shape index (κ1) is 18.0. The number of nitrogens with one attached hydrogen (secondary N) is 2. The molecule has 0 aliphatic rings. The van der Waals surface area contributed by atoms with Crippen molar-refractivity contribution in [3.05, 3.63) is 24.3 Å². The SMILES string of the molecule is CCOc1ccc(NC(=O)CCCNC(=O)C(C)(C)C)cc1. The maximum atomic E-state index is 11.8. The molecular formula is C17H26N2O3. The molecule has 0 unspecified atom stereocenters. The Morgan fingerprint density at radius 3 is 2.32 bits per heavy atom. The van der Waals surface area contributed by atoms with Crippen LogP contribution in [-0.4, -0.2) is 25.0 Å². The molecule has 22 heavy (non-hydrogen) atoms. The van der Waals surface area contributed by atoms with Crippen LogP contribution in [0.3, 0.4) is 0 Å². The van der Waals surface area contributed by atoms with Crippen LogP contribution in [0.15, 0.2) is 24.3 Å². The number of benzene rings is 1. The highest BCUT2D eigenvalue weighted by molar-refractivity contribution is 5.90.